The second kappa shape index (κ2) is 11.0. The number of carbonyl (C=O) groups excluding carboxylic acids is 3. The molecule has 0 radical (unpaired) electrons. The molecule has 164 valence electrons. The van der Waals surface area contributed by atoms with Crippen LogP contribution in [0, 0.1) is 5.92 Å². The van der Waals surface area contributed by atoms with Crippen molar-refractivity contribution >= 4 is 18.1 Å². The molecule has 5 nitrogen and oxygen atoms in total. The maximum Gasteiger partial charge on any atom is 0.251 e. The minimum absolute atomic E-state index is 0.147. The molecule has 32 heavy (non-hydrogen) atoms. The highest BCUT2D eigenvalue weighted by molar-refractivity contribution is 5.98. The van der Waals surface area contributed by atoms with Crippen molar-refractivity contribution in [1.29, 1.82) is 0 Å². The van der Waals surface area contributed by atoms with Gasteiger partial charge in [0, 0.05) is 5.56 Å². The topological polar surface area (TPSA) is 75.3 Å². The van der Waals surface area contributed by atoms with E-state index in [1.54, 1.807) is 12.1 Å². The van der Waals surface area contributed by atoms with Crippen molar-refractivity contribution < 1.29 is 14.4 Å². The van der Waals surface area contributed by atoms with E-state index in [0.29, 0.717) is 12.0 Å². The zero-order chi connectivity index (χ0) is 22.9. The highest BCUT2D eigenvalue weighted by atomic mass is 16.2. The predicted octanol–water partition coefficient (Wildman–Crippen LogP) is 4.03. The first-order valence-electron chi connectivity index (χ1n) is 10.7. The van der Waals surface area contributed by atoms with Gasteiger partial charge in [0.2, 0.25) is 5.91 Å². The Bertz CT molecular complexity index is 1030. The second-order valence-corrected chi connectivity index (χ2v) is 8.08. The van der Waals surface area contributed by atoms with Crippen LogP contribution in [0.2, 0.25) is 0 Å². The number of benzene rings is 3. The van der Waals surface area contributed by atoms with Crippen LogP contribution in [0.25, 0.3) is 11.1 Å². The van der Waals surface area contributed by atoms with Crippen LogP contribution in [0.1, 0.15) is 29.8 Å². The van der Waals surface area contributed by atoms with Gasteiger partial charge in [-0.1, -0.05) is 86.6 Å². The van der Waals surface area contributed by atoms with Gasteiger partial charge in [-0.3, -0.25) is 9.59 Å². The van der Waals surface area contributed by atoms with E-state index >= 15 is 0 Å². The summed E-state index contributed by atoms with van der Waals surface area (Å²) in [6.07, 6.45) is 1.13. The number of aldehydes is 1. The van der Waals surface area contributed by atoms with Crippen molar-refractivity contribution in [1.82, 2.24) is 10.6 Å². The lowest BCUT2D eigenvalue weighted by molar-refractivity contribution is -0.126. The zero-order valence-corrected chi connectivity index (χ0v) is 18.3. The van der Waals surface area contributed by atoms with E-state index in [9.17, 15) is 14.4 Å². The van der Waals surface area contributed by atoms with Crippen molar-refractivity contribution in [2.24, 2.45) is 5.92 Å². The van der Waals surface area contributed by atoms with Gasteiger partial charge < -0.3 is 15.4 Å². The smallest absolute Gasteiger partial charge is 0.251 e. The van der Waals surface area contributed by atoms with Gasteiger partial charge in [0.05, 0.1) is 6.04 Å². The summed E-state index contributed by atoms with van der Waals surface area (Å²) >= 11 is 0. The summed E-state index contributed by atoms with van der Waals surface area (Å²) < 4.78 is 0. The van der Waals surface area contributed by atoms with E-state index in [1.165, 1.54) is 0 Å². The largest absolute Gasteiger partial charge is 0.344 e. The molecule has 0 bridgehead atoms. The molecular weight excluding hydrogens is 400 g/mol. The third kappa shape index (κ3) is 6.14. The first-order valence-corrected chi connectivity index (χ1v) is 10.7. The summed E-state index contributed by atoms with van der Waals surface area (Å²) in [5.41, 5.74) is 3.50. The molecule has 0 aliphatic carbocycles. The summed E-state index contributed by atoms with van der Waals surface area (Å²) in [6, 6.07) is 25.2. The lowest BCUT2D eigenvalue weighted by atomic mass is 10.0. The zero-order valence-electron chi connectivity index (χ0n) is 18.3. The van der Waals surface area contributed by atoms with Gasteiger partial charge in [0.25, 0.3) is 5.91 Å². The summed E-state index contributed by atoms with van der Waals surface area (Å²) in [4.78, 5) is 37.2. The Morgan fingerprint density at radius 3 is 1.91 bits per heavy atom. The predicted molar refractivity (Wildman–Crippen MR) is 126 cm³/mol. The molecule has 0 aliphatic heterocycles. The molecule has 0 fully saturated rings. The number of hydrogen-bond acceptors (Lipinski definition) is 3. The third-order valence-corrected chi connectivity index (χ3v) is 5.28. The van der Waals surface area contributed by atoms with Crippen LogP contribution >= 0.6 is 0 Å². The van der Waals surface area contributed by atoms with Crippen molar-refractivity contribution in [2.45, 2.75) is 32.4 Å². The molecule has 2 amide bonds. The second-order valence-electron chi connectivity index (χ2n) is 8.08. The summed E-state index contributed by atoms with van der Waals surface area (Å²) in [5.74, 6) is -0.849. The SMILES string of the molecule is CC(C)[C@H](NC(=O)c1ccc(-c2ccccc2)cc1)C(=O)N[C@H](C=O)Cc1ccccc1. The van der Waals surface area contributed by atoms with Crippen LogP contribution in [0.4, 0.5) is 0 Å². The van der Waals surface area contributed by atoms with Crippen LogP contribution in [0.3, 0.4) is 0 Å². The molecule has 0 aliphatic rings. The lowest BCUT2D eigenvalue weighted by Crippen LogP contribution is -2.52. The maximum absolute atomic E-state index is 12.9. The van der Waals surface area contributed by atoms with Crippen molar-refractivity contribution in [2.75, 3.05) is 0 Å². The van der Waals surface area contributed by atoms with Crippen molar-refractivity contribution in [3.63, 3.8) is 0 Å². The number of rotatable bonds is 9. The van der Waals surface area contributed by atoms with Crippen LogP contribution in [0.5, 0.6) is 0 Å². The molecule has 2 N–H and O–H groups in total. The van der Waals surface area contributed by atoms with Crippen LogP contribution < -0.4 is 10.6 Å². The molecule has 3 aromatic carbocycles. The molecule has 3 aromatic rings. The number of hydrogen-bond donors (Lipinski definition) is 2. The molecule has 0 saturated heterocycles. The Balaban J connectivity index is 1.65. The van der Waals surface area contributed by atoms with E-state index in [0.717, 1.165) is 23.0 Å². The van der Waals surface area contributed by atoms with Crippen LogP contribution in [-0.2, 0) is 16.0 Å². The molecule has 0 spiro atoms. The lowest BCUT2D eigenvalue weighted by Gasteiger charge is -2.24. The fraction of sp³-hybridized carbons (Fsp3) is 0.222. The van der Waals surface area contributed by atoms with E-state index in [-0.39, 0.29) is 17.7 Å². The molecule has 3 rings (SSSR count). The van der Waals surface area contributed by atoms with Crippen molar-refractivity contribution in [3.8, 4) is 11.1 Å². The quantitative estimate of drug-likeness (QED) is 0.505. The average Bonchev–Trinajstić information content (AvgIpc) is 2.83. The number of nitrogens with one attached hydrogen (secondary N) is 2. The van der Waals surface area contributed by atoms with Gasteiger partial charge in [0.15, 0.2) is 0 Å². The standard InChI is InChI=1S/C27H28N2O3/c1-19(2)25(27(32)28-24(18-30)17-20-9-5-3-6-10-20)29-26(31)23-15-13-22(14-16-23)21-11-7-4-8-12-21/h3-16,18-19,24-25H,17H2,1-2H3,(H,28,32)(H,29,31)/t24-,25-/m0/s1. The maximum atomic E-state index is 12.9. The van der Waals surface area contributed by atoms with E-state index in [2.05, 4.69) is 10.6 Å². The first-order chi connectivity index (χ1) is 15.5. The normalized spacial score (nSPS) is 12.6. The molecule has 0 saturated carbocycles. The molecule has 2 atom stereocenters. The van der Waals surface area contributed by atoms with Crippen molar-refractivity contribution in [3.05, 3.63) is 96.1 Å². The van der Waals surface area contributed by atoms with E-state index < -0.39 is 12.1 Å². The Kier molecular flexibility index (Phi) is 7.92. The van der Waals surface area contributed by atoms with E-state index in [4.69, 9.17) is 0 Å². The monoisotopic (exact) mass is 428 g/mol. The molecule has 0 heterocycles. The highest BCUT2D eigenvalue weighted by Gasteiger charge is 2.26. The summed E-state index contributed by atoms with van der Waals surface area (Å²) in [7, 11) is 0. The molecule has 0 unspecified atom stereocenters. The number of carbonyl (C=O) groups is 3. The van der Waals surface area contributed by atoms with Crippen LogP contribution in [-0.4, -0.2) is 30.2 Å². The van der Waals surface area contributed by atoms with E-state index in [1.807, 2.05) is 86.6 Å². The van der Waals surface area contributed by atoms with Gasteiger partial charge in [-0.15, -0.1) is 0 Å². The Morgan fingerprint density at radius 2 is 1.34 bits per heavy atom. The van der Waals surface area contributed by atoms with Crippen LogP contribution in [0.15, 0.2) is 84.9 Å². The molecule has 5 heteroatoms. The minimum atomic E-state index is -0.755. The van der Waals surface area contributed by atoms with Gasteiger partial charge in [-0.25, -0.2) is 0 Å². The Hall–Kier alpha value is -3.73. The Labute approximate surface area is 188 Å². The average molecular weight is 429 g/mol. The summed E-state index contributed by atoms with van der Waals surface area (Å²) in [5, 5.41) is 5.58. The first kappa shape index (κ1) is 22.9. The fourth-order valence-corrected chi connectivity index (χ4v) is 3.48. The third-order valence-electron chi connectivity index (χ3n) is 5.28. The molecular formula is C27H28N2O3. The summed E-state index contributed by atoms with van der Waals surface area (Å²) in [6.45, 7) is 3.71. The van der Waals surface area contributed by atoms with Gasteiger partial charge in [0.1, 0.15) is 12.3 Å². The van der Waals surface area contributed by atoms with Gasteiger partial charge in [-0.05, 0) is 41.2 Å². The fourth-order valence-electron chi connectivity index (χ4n) is 3.48. The van der Waals surface area contributed by atoms with Gasteiger partial charge >= 0.3 is 0 Å². The highest BCUT2D eigenvalue weighted by Crippen LogP contribution is 2.19. The minimum Gasteiger partial charge on any atom is -0.344 e. The van der Waals surface area contributed by atoms with Gasteiger partial charge in [-0.2, -0.15) is 0 Å². The molecule has 0 aromatic heterocycles. The Morgan fingerprint density at radius 1 is 0.781 bits per heavy atom. The number of amides is 2.